The lowest BCUT2D eigenvalue weighted by atomic mass is 10.2. The molecule has 62 valence electrons. The zero-order valence-corrected chi connectivity index (χ0v) is 8.54. The number of hydrogen-bond donors (Lipinski definition) is 0. The van der Waals surface area contributed by atoms with E-state index in [-0.39, 0.29) is 0 Å². The Morgan fingerprint density at radius 1 is 1.42 bits per heavy atom. The molecule has 0 saturated carbocycles. The minimum absolute atomic E-state index is 0.810. The summed E-state index contributed by atoms with van der Waals surface area (Å²) in [4.78, 5) is 0. The van der Waals surface area contributed by atoms with Crippen molar-refractivity contribution in [3.8, 4) is 0 Å². The first-order valence-electron chi connectivity index (χ1n) is 3.73. The molecule has 0 unspecified atom stereocenters. The van der Waals surface area contributed by atoms with E-state index >= 15 is 0 Å². The number of halogens is 1. The van der Waals surface area contributed by atoms with Gasteiger partial charge in [0.15, 0.2) is 7.05 Å². The van der Waals surface area contributed by atoms with Crippen molar-refractivity contribution >= 4 is 33.2 Å². The Morgan fingerprint density at radius 3 is 2.92 bits per heavy atom. The second-order valence-electron chi connectivity index (χ2n) is 2.81. The highest BCUT2D eigenvalue weighted by Crippen LogP contribution is 2.23. The van der Waals surface area contributed by atoms with Crippen molar-refractivity contribution in [3.05, 3.63) is 28.9 Å². The summed E-state index contributed by atoms with van der Waals surface area (Å²) < 4.78 is 3.41. The van der Waals surface area contributed by atoms with E-state index in [1.165, 1.54) is 15.8 Å². The molecule has 1 aromatic heterocycles. The fraction of sp³-hybridized carbons (Fsp3) is 0.222. The van der Waals surface area contributed by atoms with Crippen LogP contribution in [0.5, 0.6) is 0 Å². The molecule has 0 radical (unpaired) electrons. The molecule has 0 spiro atoms. The molecule has 3 heteroatoms. The molecule has 12 heavy (non-hydrogen) atoms. The summed E-state index contributed by atoms with van der Waals surface area (Å²) in [5.74, 6) is 0. The van der Waals surface area contributed by atoms with Crippen molar-refractivity contribution < 1.29 is 3.96 Å². The first-order valence-corrected chi connectivity index (χ1v) is 4.89. The minimum atomic E-state index is 0.810. The lowest BCUT2D eigenvalue weighted by Gasteiger charge is -1.86. The van der Waals surface area contributed by atoms with Crippen molar-refractivity contribution in [1.29, 1.82) is 0 Å². The minimum Gasteiger partial charge on any atom is -0.140 e. The van der Waals surface area contributed by atoms with Crippen LogP contribution in [0, 0.1) is 6.92 Å². The quantitative estimate of drug-likeness (QED) is 0.574. The Balaban J connectivity index is 2.87. The number of benzene rings is 1. The molecular weight excluding hydrogens is 190 g/mol. The lowest BCUT2D eigenvalue weighted by Crippen LogP contribution is -2.24. The van der Waals surface area contributed by atoms with Crippen molar-refractivity contribution in [2.75, 3.05) is 0 Å². The largest absolute Gasteiger partial charge is 0.200 e. The highest BCUT2D eigenvalue weighted by molar-refractivity contribution is 7.09. The number of aromatic nitrogens is 1. The first-order chi connectivity index (χ1) is 5.68. The van der Waals surface area contributed by atoms with E-state index in [2.05, 4.69) is 24.0 Å². The maximum Gasteiger partial charge on any atom is 0.200 e. The maximum atomic E-state index is 5.88. The van der Waals surface area contributed by atoms with Crippen LogP contribution in [-0.2, 0) is 7.05 Å². The Kier molecular flexibility index (Phi) is 1.81. The SMILES string of the molecule is Cc1c2ccc(Cl)cc2s[n+]1C. The molecule has 0 aliphatic heterocycles. The number of aryl methyl sites for hydroxylation is 2. The molecule has 0 aliphatic carbocycles. The van der Waals surface area contributed by atoms with Gasteiger partial charge in [-0.05, 0) is 18.2 Å². The normalized spacial score (nSPS) is 10.9. The van der Waals surface area contributed by atoms with Crippen LogP contribution >= 0.6 is 23.1 Å². The van der Waals surface area contributed by atoms with Gasteiger partial charge in [0.1, 0.15) is 16.2 Å². The third-order valence-electron chi connectivity index (χ3n) is 2.04. The summed E-state index contributed by atoms with van der Waals surface area (Å²) in [5, 5.41) is 2.11. The summed E-state index contributed by atoms with van der Waals surface area (Å²) in [6.45, 7) is 2.12. The molecular formula is C9H9ClNS+. The van der Waals surface area contributed by atoms with E-state index in [1.807, 2.05) is 12.1 Å². The monoisotopic (exact) mass is 198 g/mol. The van der Waals surface area contributed by atoms with Crippen LogP contribution in [0.15, 0.2) is 18.2 Å². The van der Waals surface area contributed by atoms with Gasteiger partial charge in [0.2, 0.25) is 5.69 Å². The van der Waals surface area contributed by atoms with Crippen LogP contribution in [0.1, 0.15) is 5.69 Å². The first kappa shape index (κ1) is 8.02. The number of nitrogens with zero attached hydrogens (tertiary/aromatic N) is 1. The Hall–Kier alpha value is -0.600. The van der Waals surface area contributed by atoms with Crippen LogP contribution in [0.25, 0.3) is 10.1 Å². The van der Waals surface area contributed by atoms with Gasteiger partial charge in [-0.1, -0.05) is 11.6 Å². The van der Waals surface area contributed by atoms with Gasteiger partial charge in [-0.15, -0.1) is 3.96 Å². The molecule has 0 bridgehead atoms. The molecule has 2 rings (SSSR count). The second kappa shape index (κ2) is 2.71. The summed E-state index contributed by atoms with van der Waals surface area (Å²) >= 11 is 7.60. The third-order valence-corrected chi connectivity index (χ3v) is 3.36. The molecule has 0 fully saturated rings. The maximum absolute atomic E-state index is 5.88. The number of hydrogen-bond acceptors (Lipinski definition) is 1. The summed E-state index contributed by atoms with van der Waals surface area (Å²) in [7, 11) is 2.06. The summed E-state index contributed by atoms with van der Waals surface area (Å²) in [5.41, 5.74) is 1.30. The predicted molar refractivity (Wildman–Crippen MR) is 52.7 cm³/mol. The smallest absolute Gasteiger partial charge is 0.140 e. The Morgan fingerprint density at radius 2 is 2.17 bits per heavy atom. The molecule has 1 aromatic carbocycles. The van der Waals surface area contributed by atoms with Gasteiger partial charge in [-0.3, -0.25) is 0 Å². The van der Waals surface area contributed by atoms with Gasteiger partial charge >= 0.3 is 0 Å². The number of rotatable bonds is 0. The standard InChI is InChI=1S/C9H9ClNS/c1-6-8-4-3-7(10)5-9(8)12-11(6)2/h3-5H,1-2H3/q+1. The zero-order chi connectivity index (χ0) is 8.72. The van der Waals surface area contributed by atoms with E-state index < -0.39 is 0 Å². The Labute approximate surface area is 80.4 Å². The Bertz CT molecular complexity index is 433. The molecule has 0 amide bonds. The van der Waals surface area contributed by atoms with E-state index in [4.69, 9.17) is 11.6 Å². The van der Waals surface area contributed by atoms with E-state index in [9.17, 15) is 0 Å². The molecule has 0 atom stereocenters. The predicted octanol–water partition coefficient (Wildman–Crippen LogP) is 2.69. The molecule has 1 heterocycles. The van der Waals surface area contributed by atoms with E-state index in [1.54, 1.807) is 11.5 Å². The van der Waals surface area contributed by atoms with Crippen molar-refractivity contribution in [2.45, 2.75) is 6.92 Å². The molecule has 0 N–H and O–H groups in total. The average molecular weight is 199 g/mol. The zero-order valence-electron chi connectivity index (χ0n) is 6.97. The molecule has 2 aromatic rings. The molecule has 1 nitrogen and oxygen atoms in total. The fourth-order valence-electron chi connectivity index (χ4n) is 1.26. The van der Waals surface area contributed by atoms with Gasteiger partial charge in [0.05, 0.1) is 5.39 Å². The van der Waals surface area contributed by atoms with Gasteiger partial charge in [0, 0.05) is 11.9 Å². The lowest BCUT2D eigenvalue weighted by molar-refractivity contribution is -0.606. The average Bonchev–Trinajstić information content (AvgIpc) is 2.28. The van der Waals surface area contributed by atoms with Crippen LogP contribution in [0.2, 0.25) is 5.02 Å². The van der Waals surface area contributed by atoms with Crippen molar-refractivity contribution in [1.82, 2.24) is 0 Å². The topological polar surface area (TPSA) is 3.88 Å². The highest BCUT2D eigenvalue weighted by Gasteiger charge is 2.11. The summed E-state index contributed by atoms with van der Waals surface area (Å²) in [6, 6.07) is 6.02. The van der Waals surface area contributed by atoms with Gasteiger partial charge < -0.3 is 0 Å². The second-order valence-corrected chi connectivity index (χ2v) is 4.42. The van der Waals surface area contributed by atoms with Crippen molar-refractivity contribution in [3.63, 3.8) is 0 Å². The van der Waals surface area contributed by atoms with E-state index in [0.717, 1.165) is 5.02 Å². The van der Waals surface area contributed by atoms with Gasteiger partial charge in [-0.2, -0.15) is 0 Å². The van der Waals surface area contributed by atoms with Gasteiger partial charge in [-0.25, -0.2) is 0 Å². The molecule has 0 saturated heterocycles. The van der Waals surface area contributed by atoms with Gasteiger partial charge in [0.25, 0.3) is 0 Å². The number of fused-ring (bicyclic) bond motifs is 1. The van der Waals surface area contributed by atoms with Crippen LogP contribution in [-0.4, -0.2) is 0 Å². The van der Waals surface area contributed by atoms with E-state index in [0.29, 0.717) is 0 Å². The van der Waals surface area contributed by atoms with Crippen molar-refractivity contribution in [2.24, 2.45) is 7.05 Å². The van der Waals surface area contributed by atoms with Crippen LogP contribution in [0.4, 0.5) is 0 Å². The molecule has 0 aliphatic rings. The third kappa shape index (κ3) is 1.11. The summed E-state index contributed by atoms with van der Waals surface area (Å²) in [6.07, 6.45) is 0. The highest BCUT2D eigenvalue weighted by atomic mass is 35.5. The fourth-order valence-corrected chi connectivity index (χ4v) is 2.52. The van der Waals surface area contributed by atoms with Crippen LogP contribution in [0.3, 0.4) is 0 Å². The van der Waals surface area contributed by atoms with Crippen LogP contribution < -0.4 is 3.96 Å².